The minimum atomic E-state index is -0.692. The second-order valence-corrected chi connectivity index (χ2v) is 11.2. The molecule has 27 heavy (non-hydrogen) atoms. The molecule has 0 aliphatic heterocycles. The summed E-state index contributed by atoms with van der Waals surface area (Å²) in [5, 5.41) is 32.3. The van der Waals surface area contributed by atoms with Gasteiger partial charge in [-0.2, -0.15) is 0 Å². The Kier molecular flexibility index (Phi) is 5.22. The van der Waals surface area contributed by atoms with Gasteiger partial charge in [0.2, 0.25) is 0 Å². The van der Waals surface area contributed by atoms with Crippen LogP contribution in [-0.4, -0.2) is 33.1 Å². The van der Waals surface area contributed by atoms with Crippen LogP contribution in [0.3, 0.4) is 0 Å². The van der Waals surface area contributed by atoms with Crippen LogP contribution in [0.5, 0.6) is 0 Å². The van der Waals surface area contributed by atoms with Crippen LogP contribution in [0.2, 0.25) is 0 Å². The summed E-state index contributed by atoms with van der Waals surface area (Å²) >= 11 is 0. The first-order chi connectivity index (χ1) is 12.8. The molecule has 0 aromatic rings. The van der Waals surface area contributed by atoms with Crippen molar-refractivity contribution in [1.29, 1.82) is 0 Å². The van der Waals surface area contributed by atoms with E-state index in [1.165, 1.54) is 25.7 Å². The molecule has 0 bridgehead atoms. The second-order valence-electron chi connectivity index (χ2n) is 11.2. The topological polar surface area (TPSA) is 60.7 Å². The molecule has 9 atom stereocenters. The van der Waals surface area contributed by atoms with Gasteiger partial charge in [0.15, 0.2) is 0 Å². The largest absolute Gasteiger partial charge is 0.396 e. The molecule has 4 saturated carbocycles. The fourth-order valence-electron chi connectivity index (χ4n) is 8.67. The SMILES string of the molecule is CCC[C@@]1(O)CC[C@H]2[C@H](CC[C@@H]3[C@@H]2CC[C@@]2(C)[C@H]3CC[C@]2(O)C(C)CO)C1. The van der Waals surface area contributed by atoms with Gasteiger partial charge in [0.05, 0.1) is 11.2 Å². The van der Waals surface area contributed by atoms with Crippen LogP contribution in [0.4, 0.5) is 0 Å². The quantitative estimate of drug-likeness (QED) is 0.673. The van der Waals surface area contributed by atoms with E-state index in [1.54, 1.807) is 0 Å². The molecule has 4 fully saturated rings. The minimum Gasteiger partial charge on any atom is -0.396 e. The van der Waals surface area contributed by atoms with Gasteiger partial charge in [-0.1, -0.05) is 27.2 Å². The summed E-state index contributed by atoms with van der Waals surface area (Å²) in [6, 6.07) is 0. The van der Waals surface area contributed by atoms with Crippen molar-refractivity contribution in [3.8, 4) is 0 Å². The molecule has 0 aromatic heterocycles. The van der Waals surface area contributed by atoms with E-state index in [0.29, 0.717) is 5.92 Å². The first-order valence-corrected chi connectivity index (χ1v) is 11.8. The van der Waals surface area contributed by atoms with Crippen LogP contribution < -0.4 is 0 Å². The molecule has 156 valence electrons. The molecule has 4 rings (SSSR count). The normalized spacial score (nSPS) is 53.3. The highest BCUT2D eigenvalue weighted by molar-refractivity contribution is 5.13. The van der Waals surface area contributed by atoms with E-state index >= 15 is 0 Å². The molecule has 4 aliphatic carbocycles. The summed E-state index contributed by atoms with van der Waals surface area (Å²) in [5.41, 5.74) is -1.11. The molecule has 4 aliphatic rings. The molecule has 3 nitrogen and oxygen atoms in total. The second kappa shape index (κ2) is 6.99. The van der Waals surface area contributed by atoms with Crippen LogP contribution in [-0.2, 0) is 0 Å². The van der Waals surface area contributed by atoms with E-state index in [1.807, 2.05) is 6.92 Å². The van der Waals surface area contributed by atoms with Gasteiger partial charge in [-0.3, -0.25) is 0 Å². The maximum atomic E-state index is 11.6. The summed E-state index contributed by atoms with van der Waals surface area (Å²) < 4.78 is 0. The third kappa shape index (κ3) is 2.94. The van der Waals surface area contributed by atoms with Crippen molar-refractivity contribution in [3.63, 3.8) is 0 Å². The summed E-state index contributed by atoms with van der Waals surface area (Å²) in [6.45, 7) is 6.65. The molecule has 0 radical (unpaired) electrons. The predicted octanol–water partition coefficient (Wildman–Crippen LogP) is 4.53. The fourth-order valence-corrected chi connectivity index (χ4v) is 8.67. The standard InChI is InChI=1S/C24H42O3/c1-4-10-23(26)12-8-18-17(14-23)5-6-20-19(18)7-11-22(3)21(20)9-13-24(22,27)16(2)15-25/h16-21,25-27H,4-15H2,1-3H3/t16?,17-,18+,19-,20-,21+,22+,23-,24+/m1/s1. The maximum absolute atomic E-state index is 11.6. The fraction of sp³-hybridized carbons (Fsp3) is 1.00. The van der Waals surface area contributed by atoms with Gasteiger partial charge in [-0.25, -0.2) is 0 Å². The summed E-state index contributed by atoms with van der Waals surface area (Å²) in [6.07, 6.45) is 12.2. The number of hydrogen-bond donors (Lipinski definition) is 3. The zero-order valence-electron chi connectivity index (χ0n) is 17.8. The van der Waals surface area contributed by atoms with E-state index < -0.39 is 11.2 Å². The lowest BCUT2D eigenvalue weighted by atomic mass is 9.47. The van der Waals surface area contributed by atoms with Crippen molar-refractivity contribution in [3.05, 3.63) is 0 Å². The highest BCUT2D eigenvalue weighted by Gasteiger charge is 2.64. The third-order valence-electron chi connectivity index (χ3n) is 10.1. The van der Waals surface area contributed by atoms with Gasteiger partial charge in [0.25, 0.3) is 0 Å². The van der Waals surface area contributed by atoms with E-state index in [2.05, 4.69) is 13.8 Å². The number of hydrogen-bond acceptors (Lipinski definition) is 3. The zero-order valence-corrected chi connectivity index (χ0v) is 17.8. The first-order valence-electron chi connectivity index (χ1n) is 11.8. The maximum Gasteiger partial charge on any atom is 0.0751 e. The Balaban J connectivity index is 1.52. The Labute approximate surface area is 165 Å². The zero-order chi connectivity index (χ0) is 19.4. The molecule has 0 spiro atoms. The lowest BCUT2D eigenvalue weighted by molar-refractivity contribution is -0.165. The van der Waals surface area contributed by atoms with Crippen molar-refractivity contribution in [2.75, 3.05) is 6.61 Å². The van der Waals surface area contributed by atoms with Crippen molar-refractivity contribution < 1.29 is 15.3 Å². The van der Waals surface area contributed by atoms with Crippen molar-refractivity contribution in [2.24, 2.45) is 40.9 Å². The van der Waals surface area contributed by atoms with Gasteiger partial charge in [-0.05, 0) is 99.2 Å². The Bertz CT molecular complexity index is 550. The smallest absolute Gasteiger partial charge is 0.0751 e. The lowest BCUT2D eigenvalue weighted by Gasteiger charge is -2.59. The Morgan fingerprint density at radius 2 is 1.67 bits per heavy atom. The summed E-state index contributed by atoms with van der Waals surface area (Å²) in [4.78, 5) is 0. The van der Waals surface area contributed by atoms with Crippen molar-refractivity contribution >= 4 is 0 Å². The van der Waals surface area contributed by atoms with Crippen LogP contribution in [0.15, 0.2) is 0 Å². The van der Waals surface area contributed by atoms with E-state index in [4.69, 9.17) is 0 Å². The molecular formula is C24H42O3. The highest BCUT2D eigenvalue weighted by Crippen LogP contribution is 2.67. The molecule has 3 heteroatoms. The molecule has 0 saturated heterocycles. The van der Waals surface area contributed by atoms with E-state index in [-0.39, 0.29) is 17.9 Å². The Morgan fingerprint density at radius 1 is 0.926 bits per heavy atom. The van der Waals surface area contributed by atoms with Crippen LogP contribution >= 0.6 is 0 Å². The molecule has 1 unspecified atom stereocenters. The summed E-state index contributed by atoms with van der Waals surface area (Å²) in [7, 11) is 0. The average molecular weight is 379 g/mol. The molecular weight excluding hydrogens is 336 g/mol. The minimum absolute atomic E-state index is 0.0270. The number of aliphatic hydroxyl groups is 3. The first kappa shape index (κ1) is 20.2. The predicted molar refractivity (Wildman–Crippen MR) is 108 cm³/mol. The summed E-state index contributed by atoms with van der Waals surface area (Å²) in [5.74, 6) is 3.67. The van der Waals surface area contributed by atoms with Crippen LogP contribution in [0.1, 0.15) is 91.4 Å². The lowest BCUT2D eigenvalue weighted by Crippen LogP contribution is -2.57. The van der Waals surface area contributed by atoms with Crippen LogP contribution in [0.25, 0.3) is 0 Å². The number of fused-ring (bicyclic) bond motifs is 5. The average Bonchev–Trinajstić information content (AvgIpc) is 2.93. The Hall–Kier alpha value is -0.120. The van der Waals surface area contributed by atoms with E-state index in [0.717, 1.165) is 68.6 Å². The van der Waals surface area contributed by atoms with Gasteiger partial charge >= 0.3 is 0 Å². The van der Waals surface area contributed by atoms with Crippen LogP contribution in [0, 0.1) is 40.9 Å². The monoisotopic (exact) mass is 378 g/mol. The molecule has 0 aromatic carbocycles. The van der Waals surface area contributed by atoms with Gasteiger partial charge in [-0.15, -0.1) is 0 Å². The van der Waals surface area contributed by atoms with Gasteiger partial charge < -0.3 is 15.3 Å². The molecule has 0 heterocycles. The van der Waals surface area contributed by atoms with Gasteiger partial charge in [0, 0.05) is 12.5 Å². The van der Waals surface area contributed by atoms with Crippen molar-refractivity contribution in [2.45, 2.75) is 103 Å². The van der Waals surface area contributed by atoms with Gasteiger partial charge in [0.1, 0.15) is 0 Å². The van der Waals surface area contributed by atoms with E-state index in [9.17, 15) is 15.3 Å². The van der Waals surface area contributed by atoms with Crippen molar-refractivity contribution in [1.82, 2.24) is 0 Å². The third-order valence-corrected chi connectivity index (χ3v) is 10.1. The molecule has 0 amide bonds. The molecule has 3 N–H and O–H groups in total. The number of rotatable bonds is 4. The highest BCUT2D eigenvalue weighted by atomic mass is 16.3. The number of aliphatic hydroxyl groups excluding tert-OH is 1. The Morgan fingerprint density at radius 3 is 2.37 bits per heavy atom.